The summed E-state index contributed by atoms with van der Waals surface area (Å²) in [7, 11) is -3.04. The fourth-order valence-corrected chi connectivity index (χ4v) is 5.05. The van der Waals surface area contributed by atoms with Gasteiger partial charge in [0.1, 0.15) is 5.75 Å². The first-order valence-electron chi connectivity index (χ1n) is 6.81. The molecule has 0 saturated carbocycles. The molecule has 1 aromatic rings. The smallest absolute Gasteiger partial charge is 0.155 e. The van der Waals surface area contributed by atoms with E-state index in [0.717, 1.165) is 36.1 Å². The molecule has 2 unspecified atom stereocenters. The van der Waals surface area contributed by atoms with Crippen molar-refractivity contribution in [3.63, 3.8) is 0 Å². The summed E-state index contributed by atoms with van der Waals surface area (Å²) in [5, 5.41) is -0.429. The van der Waals surface area contributed by atoms with Gasteiger partial charge in [-0.2, -0.15) is 0 Å². The van der Waals surface area contributed by atoms with Crippen LogP contribution in [0.4, 0.5) is 0 Å². The topological polar surface area (TPSA) is 69.4 Å². The molecule has 1 fully saturated rings. The Bertz CT molecular complexity index is 582. The van der Waals surface area contributed by atoms with E-state index in [1.165, 1.54) is 0 Å². The maximum Gasteiger partial charge on any atom is 0.155 e. The zero-order chi connectivity index (χ0) is 13.5. The molecule has 0 amide bonds. The molecule has 3 rings (SSSR count). The maximum atomic E-state index is 12.1. The molecule has 19 heavy (non-hydrogen) atoms. The third-order valence-corrected chi connectivity index (χ3v) is 6.44. The second-order valence-electron chi connectivity index (χ2n) is 5.39. The predicted molar refractivity (Wildman–Crippen MR) is 74.0 cm³/mol. The van der Waals surface area contributed by atoms with E-state index >= 15 is 0 Å². The molecule has 5 heteroatoms. The van der Waals surface area contributed by atoms with Crippen molar-refractivity contribution in [1.29, 1.82) is 0 Å². The summed E-state index contributed by atoms with van der Waals surface area (Å²) in [5.41, 5.74) is 8.28. The van der Waals surface area contributed by atoms with Gasteiger partial charge in [0, 0.05) is 12.5 Å². The van der Waals surface area contributed by atoms with Gasteiger partial charge in [-0.05, 0) is 30.0 Å². The van der Waals surface area contributed by atoms with Crippen molar-refractivity contribution >= 4 is 9.84 Å². The molecule has 2 atom stereocenters. The third-order valence-electron chi connectivity index (χ3n) is 4.13. The first kappa shape index (κ1) is 12.9. The summed E-state index contributed by atoms with van der Waals surface area (Å²) in [6.07, 6.45) is 3.28. The summed E-state index contributed by atoms with van der Waals surface area (Å²) in [4.78, 5) is 0. The molecule has 2 N–H and O–H groups in total. The number of benzene rings is 1. The highest BCUT2D eigenvalue weighted by molar-refractivity contribution is 7.92. The molecule has 0 bridgehead atoms. The van der Waals surface area contributed by atoms with Gasteiger partial charge in [-0.15, -0.1) is 0 Å². The average molecular weight is 281 g/mol. The molecule has 2 aliphatic heterocycles. The van der Waals surface area contributed by atoms with E-state index in [9.17, 15) is 8.42 Å². The molecule has 1 saturated heterocycles. The van der Waals surface area contributed by atoms with E-state index in [-0.39, 0.29) is 5.75 Å². The zero-order valence-corrected chi connectivity index (χ0v) is 11.7. The number of hydrogen-bond acceptors (Lipinski definition) is 4. The Morgan fingerprint density at radius 3 is 2.95 bits per heavy atom. The summed E-state index contributed by atoms with van der Waals surface area (Å²) in [6.45, 7) is 0.704. The van der Waals surface area contributed by atoms with Crippen LogP contribution in [0.5, 0.6) is 5.75 Å². The SMILES string of the molecule is NC(c1ccc2c(c1)CCO2)C1CCCCS1(=O)=O. The molecule has 0 aliphatic carbocycles. The van der Waals surface area contributed by atoms with Crippen LogP contribution in [0, 0.1) is 0 Å². The minimum Gasteiger partial charge on any atom is -0.493 e. The quantitative estimate of drug-likeness (QED) is 0.893. The van der Waals surface area contributed by atoms with Gasteiger partial charge in [-0.1, -0.05) is 18.6 Å². The number of nitrogens with two attached hydrogens (primary N) is 1. The Morgan fingerprint density at radius 1 is 1.32 bits per heavy atom. The van der Waals surface area contributed by atoms with Gasteiger partial charge in [-0.25, -0.2) is 8.42 Å². The molecular formula is C14H19NO3S. The van der Waals surface area contributed by atoms with Crippen LogP contribution in [0.2, 0.25) is 0 Å². The highest BCUT2D eigenvalue weighted by Crippen LogP contribution is 2.33. The number of fused-ring (bicyclic) bond motifs is 1. The number of hydrogen-bond donors (Lipinski definition) is 1. The van der Waals surface area contributed by atoms with Crippen LogP contribution >= 0.6 is 0 Å². The lowest BCUT2D eigenvalue weighted by atomic mass is 9.98. The zero-order valence-electron chi connectivity index (χ0n) is 10.8. The monoisotopic (exact) mass is 281 g/mol. The predicted octanol–water partition coefficient (Wildman–Crippen LogP) is 1.59. The summed E-state index contributed by atoms with van der Waals surface area (Å²) < 4.78 is 29.7. The largest absolute Gasteiger partial charge is 0.493 e. The average Bonchev–Trinajstić information content (AvgIpc) is 2.84. The van der Waals surface area contributed by atoms with E-state index in [1.807, 2.05) is 18.2 Å². The summed E-state index contributed by atoms with van der Waals surface area (Å²) >= 11 is 0. The number of ether oxygens (including phenoxy) is 1. The number of rotatable bonds is 2. The highest BCUT2D eigenvalue weighted by Gasteiger charge is 2.34. The Balaban J connectivity index is 1.89. The molecule has 0 radical (unpaired) electrons. The van der Waals surface area contributed by atoms with Gasteiger partial charge >= 0.3 is 0 Å². The third kappa shape index (κ3) is 2.37. The van der Waals surface area contributed by atoms with Crippen molar-refractivity contribution in [3.05, 3.63) is 29.3 Å². The van der Waals surface area contributed by atoms with Gasteiger partial charge in [0.05, 0.1) is 17.6 Å². The van der Waals surface area contributed by atoms with Crippen LogP contribution in [0.15, 0.2) is 18.2 Å². The van der Waals surface area contributed by atoms with E-state index in [4.69, 9.17) is 10.5 Å². The lowest BCUT2D eigenvalue weighted by Crippen LogP contribution is -2.37. The van der Waals surface area contributed by atoms with Crippen molar-refractivity contribution < 1.29 is 13.2 Å². The lowest BCUT2D eigenvalue weighted by Gasteiger charge is -2.28. The fraction of sp³-hybridized carbons (Fsp3) is 0.571. The molecule has 1 aromatic carbocycles. The van der Waals surface area contributed by atoms with E-state index in [2.05, 4.69) is 0 Å². The minimum atomic E-state index is -3.04. The van der Waals surface area contributed by atoms with E-state index in [1.54, 1.807) is 0 Å². The van der Waals surface area contributed by atoms with E-state index in [0.29, 0.717) is 13.0 Å². The van der Waals surface area contributed by atoms with Crippen LogP contribution in [-0.4, -0.2) is 26.0 Å². The molecular weight excluding hydrogens is 262 g/mol. The minimum absolute atomic E-state index is 0.277. The van der Waals surface area contributed by atoms with Crippen molar-refractivity contribution in [2.24, 2.45) is 5.73 Å². The van der Waals surface area contributed by atoms with Crippen molar-refractivity contribution in [3.8, 4) is 5.75 Å². The van der Waals surface area contributed by atoms with Crippen LogP contribution in [0.25, 0.3) is 0 Å². The van der Waals surface area contributed by atoms with Crippen LogP contribution in [0.3, 0.4) is 0 Å². The second kappa shape index (κ2) is 4.80. The van der Waals surface area contributed by atoms with Crippen LogP contribution in [0.1, 0.15) is 36.4 Å². The standard InChI is InChI=1S/C14H19NO3S/c15-14(13-3-1-2-8-19(13,16)17)11-4-5-12-10(9-11)6-7-18-12/h4-5,9,13-14H,1-3,6-8,15H2. The van der Waals surface area contributed by atoms with Gasteiger partial charge in [0.2, 0.25) is 0 Å². The van der Waals surface area contributed by atoms with Crippen LogP contribution < -0.4 is 10.5 Å². The first-order chi connectivity index (χ1) is 9.08. The normalized spacial score (nSPS) is 26.5. The maximum absolute atomic E-state index is 12.1. The Kier molecular flexibility index (Phi) is 3.27. The molecule has 2 heterocycles. The lowest BCUT2D eigenvalue weighted by molar-refractivity contribution is 0.357. The number of sulfone groups is 1. The second-order valence-corrected chi connectivity index (χ2v) is 7.73. The Morgan fingerprint density at radius 2 is 2.16 bits per heavy atom. The molecule has 4 nitrogen and oxygen atoms in total. The van der Waals surface area contributed by atoms with Gasteiger partial charge in [0.25, 0.3) is 0 Å². The van der Waals surface area contributed by atoms with Gasteiger partial charge in [0.15, 0.2) is 9.84 Å². The van der Waals surface area contributed by atoms with Crippen molar-refractivity contribution in [2.45, 2.75) is 37.0 Å². The summed E-state index contributed by atoms with van der Waals surface area (Å²) in [6, 6.07) is 5.40. The molecule has 0 spiro atoms. The molecule has 104 valence electrons. The fourth-order valence-electron chi connectivity index (χ4n) is 3.01. The molecule has 2 aliphatic rings. The Labute approximate surface area is 113 Å². The van der Waals surface area contributed by atoms with Crippen molar-refractivity contribution in [2.75, 3.05) is 12.4 Å². The summed E-state index contributed by atoms with van der Waals surface area (Å²) in [5.74, 6) is 1.18. The highest BCUT2D eigenvalue weighted by atomic mass is 32.2. The van der Waals surface area contributed by atoms with Gasteiger partial charge in [-0.3, -0.25) is 0 Å². The van der Waals surface area contributed by atoms with E-state index < -0.39 is 21.1 Å². The molecule has 0 aromatic heterocycles. The van der Waals surface area contributed by atoms with Gasteiger partial charge < -0.3 is 10.5 Å². The Hall–Kier alpha value is -1.07. The van der Waals surface area contributed by atoms with Crippen LogP contribution in [-0.2, 0) is 16.3 Å². The van der Waals surface area contributed by atoms with Crippen molar-refractivity contribution in [1.82, 2.24) is 0 Å². The first-order valence-corrected chi connectivity index (χ1v) is 8.52.